The normalized spacial score (nSPS) is 20.8. The molecule has 0 amide bonds. The van der Waals surface area contributed by atoms with E-state index in [0.29, 0.717) is 6.54 Å². The number of para-hydroxylation sites is 1. The maximum atomic E-state index is 14.2. The molecule has 0 spiro atoms. The summed E-state index contributed by atoms with van der Waals surface area (Å²) in [6, 6.07) is 4.40. The summed E-state index contributed by atoms with van der Waals surface area (Å²) >= 11 is 0. The molecule has 1 aliphatic rings. The van der Waals surface area contributed by atoms with E-state index in [0.717, 1.165) is 25.9 Å². The molecule has 1 aromatic rings. The Labute approximate surface area is 118 Å². The molecule has 0 radical (unpaired) electrons. The molecule has 0 aliphatic carbocycles. The summed E-state index contributed by atoms with van der Waals surface area (Å²) in [6.07, 6.45) is 1.76. The zero-order valence-corrected chi connectivity index (χ0v) is 12.0. The third kappa shape index (κ3) is 2.93. The van der Waals surface area contributed by atoms with Gasteiger partial charge in [0.2, 0.25) is 0 Å². The number of hydrogen-bond acceptors (Lipinski definition) is 3. The fraction of sp³-hybridized carbons (Fsp3) is 0.533. The topological polar surface area (TPSA) is 43.8 Å². The Bertz CT molecular complexity index is 493. The van der Waals surface area contributed by atoms with Gasteiger partial charge in [0, 0.05) is 19.1 Å². The number of anilines is 1. The van der Waals surface area contributed by atoms with Crippen LogP contribution in [0.25, 0.3) is 0 Å². The molecule has 1 N–H and O–H groups in total. The molecule has 0 bridgehead atoms. The van der Waals surface area contributed by atoms with Crippen LogP contribution >= 0.6 is 0 Å². The van der Waals surface area contributed by atoms with Gasteiger partial charge in [0.1, 0.15) is 5.82 Å². The first-order valence-electron chi connectivity index (χ1n) is 7.01. The maximum Gasteiger partial charge on any atom is 0.337 e. The average Bonchev–Trinajstić information content (AvgIpc) is 2.59. The first kappa shape index (κ1) is 14.8. The van der Waals surface area contributed by atoms with E-state index in [4.69, 9.17) is 0 Å². The van der Waals surface area contributed by atoms with Crippen LogP contribution in [-0.4, -0.2) is 48.7 Å². The summed E-state index contributed by atoms with van der Waals surface area (Å²) in [4.78, 5) is 15.5. The molecule has 1 saturated heterocycles. The maximum absolute atomic E-state index is 14.2. The van der Waals surface area contributed by atoms with Crippen LogP contribution in [0.15, 0.2) is 18.2 Å². The highest BCUT2D eigenvalue weighted by molar-refractivity contribution is 5.94. The van der Waals surface area contributed by atoms with Crippen LogP contribution in [0, 0.1) is 5.82 Å². The fourth-order valence-electron chi connectivity index (χ4n) is 2.87. The Hall–Kier alpha value is -1.62. The summed E-state index contributed by atoms with van der Waals surface area (Å²) in [6.45, 7) is 4.51. The van der Waals surface area contributed by atoms with Crippen molar-refractivity contribution in [1.82, 2.24) is 4.90 Å². The second-order valence-electron chi connectivity index (χ2n) is 5.31. The van der Waals surface area contributed by atoms with Gasteiger partial charge in [-0.15, -0.1) is 0 Å². The number of nitrogens with zero attached hydrogens (tertiary/aromatic N) is 2. The van der Waals surface area contributed by atoms with Crippen LogP contribution in [0.4, 0.5) is 10.1 Å². The van der Waals surface area contributed by atoms with Crippen LogP contribution < -0.4 is 4.90 Å². The van der Waals surface area contributed by atoms with Crippen molar-refractivity contribution in [3.63, 3.8) is 0 Å². The van der Waals surface area contributed by atoms with Gasteiger partial charge in [-0.25, -0.2) is 9.18 Å². The first-order valence-corrected chi connectivity index (χ1v) is 7.01. The molecule has 1 aliphatic heterocycles. The molecule has 1 fully saturated rings. The van der Waals surface area contributed by atoms with Crippen molar-refractivity contribution < 1.29 is 14.3 Å². The second-order valence-corrected chi connectivity index (χ2v) is 5.31. The molecule has 1 heterocycles. The number of benzene rings is 1. The lowest BCUT2D eigenvalue weighted by Gasteiger charge is -2.33. The zero-order chi connectivity index (χ0) is 14.7. The second kappa shape index (κ2) is 6.22. The van der Waals surface area contributed by atoms with Gasteiger partial charge in [0.25, 0.3) is 0 Å². The summed E-state index contributed by atoms with van der Waals surface area (Å²) in [5.41, 5.74) is 0.287. The number of halogens is 1. The van der Waals surface area contributed by atoms with Gasteiger partial charge in [-0.3, -0.25) is 0 Å². The molecule has 4 nitrogen and oxygen atoms in total. The highest BCUT2D eigenvalue weighted by Crippen LogP contribution is 2.29. The molecular weight excluding hydrogens is 259 g/mol. The lowest BCUT2D eigenvalue weighted by molar-refractivity contribution is 0.0697. The van der Waals surface area contributed by atoms with Crippen LogP contribution in [0.1, 0.15) is 30.1 Å². The summed E-state index contributed by atoms with van der Waals surface area (Å²) in [5, 5.41) is 9.30. The van der Waals surface area contributed by atoms with E-state index in [-0.39, 0.29) is 17.3 Å². The summed E-state index contributed by atoms with van der Waals surface area (Å²) in [5.74, 6) is -1.53. The SMILES string of the molecule is CCC1CN(C)CCCN1c1c(F)cccc1C(=O)O. The van der Waals surface area contributed by atoms with Gasteiger partial charge in [-0.05, 0) is 38.6 Å². The monoisotopic (exact) mass is 280 g/mol. The van der Waals surface area contributed by atoms with Gasteiger partial charge in [-0.1, -0.05) is 13.0 Å². The van der Waals surface area contributed by atoms with Crippen LogP contribution in [0.3, 0.4) is 0 Å². The first-order chi connectivity index (χ1) is 9.54. The van der Waals surface area contributed by atoms with Crippen molar-refractivity contribution in [2.75, 3.05) is 31.6 Å². The highest BCUT2D eigenvalue weighted by atomic mass is 19.1. The predicted octanol–water partition coefficient (Wildman–Crippen LogP) is 2.44. The van der Waals surface area contributed by atoms with Gasteiger partial charge in [0.15, 0.2) is 0 Å². The number of carbonyl (C=O) groups is 1. The van der Waals surface area contributed by atoms with Gasteiger partial charge in [0.05, 0.1) is 11.3 Å². The minimum Gasteiger partial charge on any atom is -0.478 e. The smallest absolute Gasteiger partial charge is 0.337 e. The van der Waals surface area contributed by atoms with Crippen molar-refractivity contribution in [2.45, 2.75) is 25.8 Å². The van der Waals surface area contributed by atoms with Crippen molar-refractivity contribution in [2.24, 2.45) is 0 Å². The molecule has 110 valence electrons. The van der Waals surface area contributed by atoms with Crippen molar-refractivity contribution in [3.8, 4) is 0 Å². The number of likely N-dealkylation sites (N-methyl/N-ethyl adjacent to an activating group) is 1. The molecule has 2 rings (SSSR count). The van der Waals surface area contributed by atoms with E-state index in [9.17, 15) is 14.3 Å². The van der Waals surface area contributed by atoms with Crippen molar-refractivity contribution in [3.05, 3.63) is 29.6 Å². The molecule has 5 heteroatoms. The summed E-state index contributed by atoms with van der Waals surface area (Å²) < 4.78 is 14.2. The van der Waals surface area contributed by atoms with E-state index in [1.165, 1.54) is 18.2 Å². The number of aromatic carboxylic acids is 1. The predicted molar refractivity (Wildman–Crippen MR) is 76.9 cm³/mol. The lowest BCUT2D eigenvalue weighted by atomic mass is 10.1. The molecular formula is C15H21FN2O2. The van der Waals surface area contributed by atoms with Crippen LogP contribution in [0.2, 0.25) is 0 Å². The van der Waals surface area contributed by atoms with Crippen molar-refractivity contribution in [1.29, 1.82) is 0 Å². The Morgan fingerprint density at radius 1 is 1.45 bits per heavy atom. The fourth-order valence-corrected chi connectivity index (χ4v) is 2.87. The third-order valence-electron chi connectivity index (χ3n) is 3.88. The number of hydrogen-bond donors (Lipinski definition) is 1. The van der Waals surface area contributed by atoms with E-state index in [1.54, 1.807) is 0 Å². The minimum absolute atomic E-state index is 0.0491. The molecule has 0 saturated carbocycles. The van der Waals surface area contributed by atoms with Crippen LogP contribution in [0.5, 0.6) is 0 Å². The van der Waals surface area contributed by atoms with Crippen LogP contribution in [-0.2, 0) is 0 Å². The Morgan fingerprint density at radius 2 is 2.20 bits per heavy atom. The van der Waals surface area contributed by atoms with E-state index in [2.05, 4.69) is 11.8 Å². The average molecular weight is 280 g/mol. The Morgan fingerprint density at radius 3 is 2.85 bits per heavy atom. The third-order valence-corrected chi connectivity index (χ3v) is 3.88. The van der Waals surface area contributed by atoms with Gasteiger partial charge in [-0.2, -0.15) is 0 Å². The zero-order valence-electron chi connectivity index (χ0n) is 12.0. The lowest BCUT2D eigenvalue weighted by Crippen LogP contribution is -2.41. The minimum atomic E-state index is -1.08. The number of carboxylic acid groups (broad SMARTS) is 1. The Kier molecular flexibility index (Phi) is 4.60. The van der Waals surface area contributed by atoms with E-state index < -0.39 is 11.8 Å². The molecule has 20 heavy (non-hydrogen) atoms. The largest absolute Gasteiger partial charge is 0.478 e. The van der Waals surface area contributed by atoms with E-state index in [1.807, 2.05) is 11.9 Å². The molecule has 1 aromatic carbocycles. The molecule has 1 atom stereocenters. The summed E-state index contributed by atoms with van der Waals surface area (Å²) in [7, 11) is 2.05. The number of carboxylic acids is 1. The van der Waals surface area contributed by atoms with Crippen molar-refractivity contribution >= 4 is 11.7 Å². The van der Waals surface area contributed by atoms with E-state index >= 15 is 0 Å². The quantitative estimate of drug-likeness (QED) is 0.923. The molecule has 1 unspecified atom stereocenters. The van der Waals surface area contributed by atoms with Gasteiger partial charge < -0.3 is 14.9 Å². The molecule has 0 aromatic heterocycles. The Balaban J connectivity index is 2.45. The number of rotatable bonds is 3. The highest BCUT2D eigenvalue weighted by Gasteiger charge is 2.27. The standard InChI is InChI=1S/C15H21FN2O2/c1-3-11-10-17(2)8-5-9-18(11)14-12(15(19)20)6-4-7-13(14)16/h4,6-7,11H,3,5,8-10H2,1-2H3,(H,19,20). The van der Waals surface area contributed by atoms with Gasteiger partial charge >= 0.3 is 5.97 Å².